The summed E-state index contributed by atoms with van der Waals surface area (Å²) in [4.78, 5) is 21.6. The van der Waals surface area contributed by atoms with Crippen molar-refractivity contribution in [1.82, 2.24) is 0 Å². The van der Waals surface area contributed by atoms with Crippen LogP contribution in [0.1, 0.15) is 17.4 Å². The van der Waals surface area contributed by atoms with Crippen molar-refractivity contribution in [2.75, 3.05) is 11.9 Å². The molecule has 0 aliphatic carbocycles. The molecule has 0 bridgehead atoms. The molecular weight excluding hydrogens is 518 g/mol. The summed E-state index contributed by atoms with van der Waals surface area (Å²) >= 11 is 6.88. The molecular formula is C26H24ClN3O8. The lowest BCUT2D eigenvalue weighted by Gasteiger charge is -2.48. The predicted molar refractivity (Wildman–Crippen MR) is 137 cm³/mol. The summed E-state index contributed by atoms with van der Waals surface area (Å²) in [7, 11) is 0. The zero-order valence-corrected chi connectivity index (χ0v) is 20.7. The van der Waals surface area contributed by atoms with E-state index in [0.29, 0.717) is 0 Å². The predicted octanol–water partition coefficient (Wildman–Crippen LogP) is 4.95. The number of non-ortho nitro benzene ring substituents is 1. The molecule has 0 amide bonds. The smallest absolute Gasteiger partial charge is 0.299 e. The van der Waals surface area contributed by atoms with Gasteiger partial charge in [0.1, 0.15) is 23.3 Å². The van der Waals surface area contributed by atoms with Gasteiger partial charge < -0.3 is 24.3 Å². The molecule has 2 fully saturated rings. The van der Waals surface area contributed by atoms with E-state index < -0.39 is 57.4 Å². The second-order valence-electron chi connectivity index (χ2n) is 8.85. The van der Waals surface area contributed by atoms with Crippen molar-refractivity contribution in [2.45, 2.75) is 42.8 Å². The lowest BCUT2D eigenvalue weighted by atomic mass is 9.96. The maximum atomic E-state index is 11.8. The van der Waals surface area contributed by atoms with Gasteiger partial charge in [-0.25, -0.2) is 0 Å². The minimum absolute atomic E-state index is 0.0602. The average molecular weight is 542 g/mol. The number of hydrogen-bond acceptors (Lipinski definition) is 9. The van der Waals surface area contributed by atoms with Crippen LogP contribution in [0.5, 0.6) is 0 Å². The van der Waals surface area contributed by atoms with Crippen molar-refractivity contribution in [3.63, 3.8) is 0 Å². The fourth-order valence-corrected chi connectivity index (χ4v) is 4.83. The van der Waals surface area contributed by atoms with Crippen molar-refractivity contribution >= 4 is 28.7 Å². The first-order chi connectivity index (χ1) is 18.4. The number of nitrogens with one attached hydrogen (secondary N) is 1. The third kappa shape index (κ3) is 5.62. The first-order valence-corrected chi connectivity index (χ1v) is 12.3. The molecule has 6 atom stereocenters. The Labute approximate surface area is 222 Å². The Hall–Kier alpha value is -3.61. The van der Waals surface area contributed by atoms with E-state index in [0.717, 1.165) is 17.2 Å². The number of nitro benzene ring substituents is 2. The third-order valence-electron chi connectivity index (χ3n) is 6.36. The molecule has 3 aromatic rings. The first kappa shape index (κ1) is 26.0. The average Bonchev–Trinajstić information content (AvgIpc) is 2.94. The zero-order valence-electron chi connectivity index (χ0n) is 19.9. The highest BCUT2D eigenvalue weighted by Crippen LogP contribution is 2.39. The number of nitrogens with zero attached hydrogens (tertiary/aromatic N) is 2. The highest BCUT2D eigenvalue weighted by Gasteiger charge is 2.50. The van der Waals surface area contributed by atoms with Crippen molar-refractivity contribution in [1.29, 1.82) is 0 Å². The number of rotatable bonds is 8. The van der Waals surface area contributed by atoms with Crippen LogP contribution in [0.25, 0.3) is 0 Å². The van der Waals surface area contributed by atoms with Gasteiger partial charge >= 0.3 is 0 Å². The van der Waals surface area contributed by atoms with Gasteiger partial charge in [0.25, 0.3) is 11.4 Å². The summed E-state index contributed by atoms with van der Waals surface area (Å²) in [6.45, 7) is 0.393. The Kier molecular flexibility index (Phi) is 7.82. The lowest BCUT2D eigenvalue weighted by molar-refractivity contribution is -0.393. The van der Waals surface area contributed by atoms with Gasteiger partial charge in [-0.05, 0) is 11.6 Å². The number of ether oxygens (including phenoxy) is 4. The first-order valence-electron chi connectivity index (χ1n) is 11.9. The van der Waals surface area contributed by atoms with Crippen LogP contribution in [0.2, 0.25) is 0 Å². The fraction of sp³-hybridized carbons (Fsp3) is 0.308. The summed E-state index contributed by atoms with van der Waals surface area (Å²) in [6, 6.07) is 21.5. The normalized spacial score (nSPS) is 26.8. The number of anilines is 1. The van der Waals surface area contributed by atoms with E-state index in [2.05, 4.69) is 5.32 Å². The van der Waals surface area contributed by atoms with E-state index in [-0.39, 0.29) is 18.9 Å². The van der Waals surface area contributed by atoms with Crippen LogP contribution in [0.3, 0.4) is 0 Å². The van der Waals surface area contributed by atoms with Gasteiger partial charge in [0.05, 0.1) is 35.2 Å². The molecule has 0 saturated carbocycles. The van der Waals surface area contributed by atoms with Crippen LogP contribution in [0.15, 0.2) is 78.9 Å². The van der Waals surface area contributed by atoms with Gasteiger partial charge in [-0.15, -0.1) is 11.6 Å². The SMILES string of the molecule is O=[N+]([O-])c1ccc(N[C@H]2[C@H](Cl)[C@@H](OCc3ccccc3)O[C@@H]3CO[C@@H](c4ccccc4)O[C@@H]23)c([N+](=O)[O-])c1. The maximum Gasteiger partial charge on any atom is 0.299 e. The Morgan fingerprint density at radius 2 is 1.66 bits per heavy atom. The molecule has 3 aromatic carbocycles. The molecule has 2 heterocycles. The van der Waals surface area contributed by atoms with E-state index in [1.54, 1.807) is 0 Å². The number of hydrogen-bond donors (Lipinski definition) is 1. The molecule has 11 nitrogen and oxygen atoms in total. The molecule has 2 aliphatic heterocycles. The summed E-state index contributed by atoms with van der Waals surface area (Å²) in [6.07, 6.45) is -2.88. The summed E-state index contributed by atoms with van der Waals surface area (Å²) in [5.74, 6) is 0. The van der Waals surface area contributed by atoms with E-state index in [1.165, 1.54) is 12.1 Å². The number of halogens is 1. The second kappa shape index (κ2) is 11.4. The standard InChI is InChI=1S/C26H24ClN3O8/c27-22-23(28-19-12-11-18(29(31)32)13-20(19)30(33)34)24-21(15-36-25(38-24)17-9-5-2-6-10-17)37-26(22)35-14-16-7-3-1-4-8-16/h1-13,21-26,28H,14-15H2/t21-,22+,23+,24-,25-,26+/m1/s1. The molecule has 0 spiro atoms. The van der Waals surface area contributed by atoms with Crippen LogP contribution >= 0.6 is 11.6 Å². The Morgan fingerprint density at radius 3 is 2.34 bits per heavy atom. The fourth-order valence-electron chi connectivity index (χ4n) is 4.49. The maximum absolute atomic E-state index is 11.8. The Morgan fingerprint density at radius 1 is 0.947 bits per heavy atom. The monoisotopic (exact) mass is 541 g/mol. The van der Waals surface area contributed by atoms with E-state index in [4.69, 9.17) is 30.5 Å². The van der Waals surface area contributed by atoms with Crippen molar-refractivity contribution < 1.29 is 28.8 Å². The van der Waals surface area contributed by atoms with E-state index in [1.807, 2.05) is 60.7 Å². The van der Waals surface area contributed by atoms with Gasteiger partial charge in [-0.2, -0.15) is 0 Å². The number of fused-ring (bicyclic) bond motifs is 1. The van der Waals surface area contributed by atoms with Crippen LogP contribution in [-0.4, -0.2) is 46.4 Å². The van der Waals surface area contributed by atoms with Crippen molar-refractivity contribution in [3.8, 4) is 0 Å². The minimum atomic E-state index is -0.895. The Balaban J connectivity index is 1.43. The summed E-state index contributed by atoms with van der Waals surface area (Å²) in [5, 5.41) is 25.2. The molecule has 5 rings (SSSR count). The number of alkyl halides is 1. The van der Waals surface area contributed by atoms with Crippen molar-refractivity contribution in [2.24, 2.45) is 0 Å². The molecule has 38 heavy (non-hydrogen) atoms. The highest BCUT2D eigenvalue weighted by atomic mass is 35.5. The second-order valence-corrected chi connectivity index (χ2v) is 9.35. The molecule has 0 unspecified atom stereocenters. The highest BCUT2D eigenvalue weighted by molar-refractivity contribution is 6.21. The zero-order chi connectivity index (χ0) is 26.6. The van der Waals surface area contributed by atoms with Gasteiger partial charge in [-0.1, -0.05) is 60.7 Å². The van der Waals surface area contributed by atoms with Crippen LogP contribution < -0.4 is 5.32 Å². The third-order valence-corrected chi connectivity index (χ3v) is 6.84. The lowest BCUT2D eigenvalue weighted by Crippen LogP contribution is -2.63. The molecule has 0 aromatic heterocycles. The van der Waals surface area contributed by atoms with E-state index in [9.17, 15) is 20.2 Å². The minimum Gasteiger partial charge on any atom is -0.372 e. The number of nitro groups is 2. The number of benzene rings is 3. The van der Waals surface area contributed by atoms with E-state index >= 15 is 0 Å². The summed E-state index contributed by atoms with van der Waals surface area (Å²) < 4.78 is 24.3. The quantitative estimate of drug-likeness (QED) is 0.239. The Bertz CT molecular complexity index is 1280. The van der Waals surface area contributed by atoms with Gasteiger partial charge in [-0.3, -0.25) is 20.2 Å². The van der Waals surface area contributed by atoms with Crippen LogP contribution in [0, 0.1) is 20.2 Å². The summed E-state index contributed by atoms with van der Waals surface area (Å²) in [5.41, 5.74) is 0.909. The van der Waals surface area contributed by atoms with Gasteiger partial charge in [0.2, 0.25) is 0 Å². The van der Waals surface area contributed by atoms with Gasteiger partial charge in [0, 0.05) is 11.6 Å². The largest absolute Gasteiger partial charge is 0.372 e. The topological polar surface area (TPSA) is 135 Å². The molecule has 0 radical (unpaired) electrons. The molecule has 1 N–H and O–H groups in total. The van der Waals surface area contributed by atoms with Crippen LogP contribution in [-0.2, 0) is 25.6 Å². The van der Waals surface area contributed by atoms with Crippen molar-refractivity contribution in [3.05, 3.63) is 110 Å². The molecule has 2 aliphatic rings. The van der Waals surface area contributed by atoms with Gasteiger partial charge in [0.15, 0.2) is 12.6 Å². The molecule has 198 valence electrons. The van der Waals surface area contributed by atoms with Crippen LogP contribution in [0.4, 0.5) is 17.1 Å². The molecule has 12 heteroatoms. The molecule has 2 saturated heterocycles.